The molecule has 2 aliphatic carbocycles. The number of hydrogen-bond acceptors (Lipinski definition) is 8. The Kier molecular flexibility index (Phi) is 7.05. The third kappa shape index (κ3) is 3.62. The molecule has 5 N–H and O–H groups in total. The van der Waals surface area contributed by atoms with Gasteiger partial charge in [0.25, 0.3) is 0 Å². The molecule has 0 unspecified atom stereocenters. The Morgan fingerprint density at radius 2 is 1.75 bits per heavy atom. The normalized spacial score (nSPS) is 38.4. The molecule has 3 aliphatic rings. The third-order valence-corrected chi connectivity index (χ3v) is 7.85. The fraction of sp³-hybridized carbons (Fsp3) is 0.500. The quantitative estimate of drug-likeness (QED) is 0.157. The zero-order chi connectivity index (χ0) is 27.3. The number of hydrogen-bond donors (Lipinski definition) is 5. The molecular formula is C28H36O8. The van der Waals surface area contributed by atoms with E-state index < -0.39 is 63.6 Å². The van der Waals surface area contributed by atoms with Crippen LogP contribution in [0.3, 0.4) is 0 Å². The number of ether oxygens (including phenoxy) is 1. The van der Waals surface area contributed by atoms with Gasteiger partial charge in [0.05, 0.1) is 5.41 Å². The fourth-order valence-corrected chi connectivity index (χ4v) is 5.98. The molecule has 3 rings (SSSR count). The highest BCUT2D eigenvalue weighted by Gasteiger charge is 2.80. The summed E-state index contributed by atoms with van der Waals surface area (Å²) < 4.78 is 6.03. The molecule has 0 aromatic rings. The van der Waals surface area contributed by atoms with E-state index in [4.69, 9.17) is 4.74 Å². The van der Waals surface area contributed by atoms with Crippen LogP contribution in [-0.4, -0.2) is 54.1 Å². The molecule has 1 saturated heterocycles. The van der Waals surface area contributed by atoms with E-state index in [0.29, 0.717) is 6.42 Å². The van der Waals surface area contributed by atoms with Crippen molar-refractivity contribution < 1.29 is 39.9 Å². The lowest BCUT2D eigenvalue weighted by molar-refractivity contribution is -0.328. The van der Waals surface area contributed by atoms with Crippen LogP contribution in [0.25, 0.3) is 0 Å². The number of rotatable bonds is 6. The first-order valence-corrected chi connectivity index (χ1v) is 12.0. The van der Waals surface area contributed by atoms with Crippen LogP contribution in [0.15, 0.2) is 70.5 Å². The van der Waals surface area contributed by atoms with Crippen molar-refractivity contribution in [3.8, 4) is 0 Å². The highest BCUT2D eigenvalue weighted by molar-refractivity contribution is 6.06. The Balaban J connectivity index is 2.32. The second-order valence-corrected chi connectivity index (χ2v) is 10.3. The number of Topliss-reactive ketones (excluding diaryl/α,β-unsaturated/α-hetero) is 2. The average molecular weight is 501 g/mol. The van der Waals surface area contributed by atoms with E-state index in [0.717, 1.165) is 0 Å². The van der Waals surface area contributed by atoms with Crippen molar-refractivity contribution in [2.24, 2.45) is 11.3 Å². The van der Waals surface area contributed by atoms with Crippen LogP contribution < -0.4 is 0 Å². The van der Waals surface area contributed by atoms with Crippen LogP contribution in [0, 0.1) is 11.3 Å². The minimum absolute atomic E-state index is 0.00346. The van der Waals surface area contributed by atoms with E-state index in [1.807, 2.05) is 6.92 Å². The fourth-order valence-electron chi connectivity index (χ4n) is 5.98. The summed E-state index contributed by atoms with van der Waals surface area (Å²) in [6.45, 7) is 9.02. The summed E-state index contributed by atoms with van der Waals surface area (Å²) in [4.78, 5) is 27.5. The van der Waals surface area contributed by atoms with E-state index in [9.17, 15) is 35.1 Å². The van der Waals surface area contributed by atoms with Gasteiger partial charge in [0.1, 0.15) is 28.5 Å². The molecule has 2 fully saturated rings. The second kappa shape index (κ2) is 9.18. The molecule has 36 heavy (non-hydrogen) atoms. The van der Waals surface area contributed by atoms with Gasteiger partial charge >= 0.3 is 0 Å². The minimum Gasteiger partial charge on any atom is -0.509 e. The summed E-state index contributed by atoms with van der Waals surface area (Å²) in [7, 11) is 0. The molecule has 1 saturated carbocycles. The van der Waals surface area contributed by atoms with Crippen LogP contribution >= 0.6 is 0 Å². The number of carbonyl (C=O) groups is 2. The van der Waals surface area contributed by atoms with Crippen molar-refractivity contribution >= 4 is 11.6 Å². The second-order valence-electron chi connectivity index (χ2n) is 10.3. The predicted molar refractivity (Wildman–Crippen MR) is 134 cm³/mol. The molecule has 0 bridgehead atoms. The molecule has 0 amide bonds. The smallest absolute Gasteiger partial charge is 0.209 e. The minimum atomic E-state index is -2.57. The maximum Gasteiger partial charge on any atom is 0.209 e. The van der Waals surface area contributed by atoms with Gasteiger partial charge in [-0.1, -0.05) is 30.4 Å². The van der Waals surface area contributed by atoms with Gasteiger partial charge < -0.3 is 30.3 Å². The van der Waals surface area contributed by atoms with Gasteiger partial charge in [-0.2, -0.15) is 0 Å². The van der Waals surface area contributed by atoms with Gasteiger partial charge in [-0.3, -0.25) is 9.59 Å². The molecule has 196 valence electrons. The first-order chi connectivity index (χ1) is 16.7. The van der Waals surface area contributed by atoms with E-state index in [-0.39, 0.29) is 23.1 Å². The molecule has 1 heterocycles. The summed E-state index contributed by atoms with van der Waals surface area (Å²) in [6.07, 6.45) is 9.68. The van der Waals surface area contributed by atoms with Crippen molar-refractivity contribution in [2.45, 2.75) is 77.8 Å². The van der Waals surface area contributed by atoms with Gasteiger partial charge in [-0.25, -0.2) is 0 Å². The summed E-state index contributed by atoms with van der Waals surface area (Å²) >= 11 is 0. The number of fused-ring (bicyclic) bond motifs is 3. The molecular weight excluding hydrogens is 464 g/mol. The lowest BCUT2D eigenvalue weighted by Gasteiger charge is -2.51. The van der Waals surface area contributed by atoms with Crippen LogP contribution in [0.4, 0.5) is 0 Å². The first-order valence-electron chi connectivity index (χ1n) is 12.0. The predicted octanol–water partition coefficient (Wildman–Crippen LogP) is 4.34. The molecule has 5 atom stereocenters. The van der Waals surface area contributed by atoms with Crippen LogP contribution in [0.1, 0.15) is 60.8 Å². The lowest BCUT2D eigenvalue weighted by atomic mass is 9.52. The van der Waals surface area contributed by atoms with E-state index in [1.165, 1.54) is 39.8 Å². The van der Waals surface area contributed by atoms with Gasteiger partial charge in [-0.15, -0.1) is 0 Å². The Bertz CT molecular complexity index is 1160. The van der Waals surface area contributed by atoms with E-state index in [2.05, 4.69) is 0 Å². The Morgan fingerprint density at radius 1 is 1.11 bits per heavy atom. The highest BCUT2D eigenvalue weighted by Crippen LogP contribution is 2.67. The summed E-state index contributed by atoms with van der Waals surface area (Å²) in [5, 5.41) is 56.3. The molecule has 0 radical (unpaired) electrons. The van der Waals surface area contributed by atoms with Crippen LogP contribution in [0.5, 0.6) is 0 Å². The zero-order valence-electron chi connectivity index (χ0n) is 21.6. The average Bonchev–Trinajstić information content (AvgIpc) is 3.01. The standard InChI is InChI=1S/C28H36O8/c1-7-9-11-13-18(29)17-15-25(4,34)28(35)26(5,24(17)33)22-20(19(30)14-12-10-8-2)21(31)16(3)23(32)27(22,6)36-28/h7-11,13,22,29,31-32,34-35H,12,14-15H2,1-6H3/b9-7+,10-8+,13-11+,18-17?/t22-,25+,26+,27+,28+/m0/s1. The molecule has 0 aromatic carbocycles. The van der Waals surface area contributed by atoms with Gasteiger partial charge in [0.15, 0.2) is 11.6 Å². The van der Waals surface area contributed by atoms with Crippen molar-refractivity contribution in [3.05, 3.63) is 70.5 Å². The third-order valence-electron chi connectivity index (χ3n) is 7.85. The lowest BCUT2D eigenvalue weighted by Crippen LogP contribution is -2.68. The maximum atomic E-state index is 14.1. The summed E-state index contributed by atoms with van der Waals surface area (Å²) in [5.74, 6) is -6.52. The van der Waals surface area contributed by atoms with Gasteiger partial charge in [-0.05, 0) is 54.0 Å². The Hall–Kier alpha value is -2.94. The zero-order valence-corrected chi connectivity index (χ0v) is 21.6. The maximum absolute atomic E-state index is 14.1. The SMILES string of the molecule is C/C=C/C=C/C(O)=C1C[C@@](C)(O)[C@@]2(O)O[C@@]3(C)C(O)=C(C)C(O)=C(C(=O)CC/C=C/C)[C@H]3[C@]2(C)C1=O. The molecule has 8 nitrogen and oxygen atoms in total. The number of aliphatic hydroxyl groups excluding tert-OH is 3. The molecule has 1 aliphatic heterocycles. The number of allylic oxidation sites excluding steroid dienone is 7. The number of aliphatic hydroxyl groups is 5. The monoisotopic (exact) mass is 500 g/mol. The summed E-state index contributed by atoms with van der Waals surface area (Å²) in [5.41, 5.74) is -6.34. The van der Waals surface area contributed by atoms with Gasteiger partial charge in [0.2, 0.25) is 5.79 Å². The Morgan fingerprint density at radius 3 is 2.33 bits per heavy atom. The van der Waals surface area contributed by atoms with E-state index >= 15 is 0 Å². The molecule has 0 spiro atoms. The first kappa shape index (κ1) is 27.6. The summed E-state index contributed by atoms with van der Waals surface area (Å²) in [6, 6.07) is 0. The number of ketones is 2. The van der Waals surface area contributed by atoms with Crippen molar-refractivity contribution in [2.75, 3.05) is 0 Å². The topological polar surface area (TPSA) is 145 Å². The van der Waals surface area contributed by atoms with Crippen molar-refractivity contribution in [1.29, 1.82) is 0 Å². The molecule has 0 aromatic heterocycles. The number of carbonyl (C=O) groups excluding carboxylic acids is 2. The molecule has 8 heteroatoms. The van der Waals surface area contributed by atoms with Crippen molar-refractivity contribution in [1.82, 2.24) is 0 Å². The largest absolute Gasteiger partial charge is 0.509 e. The van der Waals surface area contributed by atoms with Crippen LogP contribution in [0.2, 0.25) is 0 Å². The van der Waals surface area contributed by atoms with Gasteiger partial charge in [0, 0.05) is 35.5 Å². The van der Waals surface area contributed by atoms with Crippen LogP contribution in [-0.2, 0) is 14.3 Å². The van der Waals surface area contributed by atoms with E-state index in [1.54, 1.807) is 31.2 Å². The highest BCUT2D eigenvalue weighted by atomic mass is 16.7. The Labute approximate surface area is 211 Å². The van der Waals surface area contributed by atoms with Crippen molar-refractivity contribution in [3.63, 3.8) is 0 Å².